The quantitative estimate of drug-likeness (QED) is 0.910. The highest BCUT2D eigenvalue weighted by atomic mass is 15.3. The third-order valence-electron chi connectivity index (χ3n) is 5.33. The molecule has 1 aromatic heterocycles. The molecule has 5 heteroatoms. The zero-order chi connectivity index (χ0) is 15.0. The van der Waals surface area contributed by atoms with E-state index in [2.05, 4.69) is 35.1 Å². The highest BCUT2D eigenvalue weighted by molar-refractivity contribution is 5.14. The minimum Gasteiger partial charge on any atom is -0.326 e. The Morgan fingerprint density at radius 1 is 1.29 bits per heavy atom. The summed E-state index contributed by atoms with van der Waals surface area (Å²) in [5, 5.41) is 4.33. The topological polar surface area (TPSA) is 50.3 Å². The van der Waals surface area contributed by atoms with Crippen molar-refractivity contribution in [1.82, 2.24) is 19.6 Å². The molecule has 0 spiro atoms. The van der Waals surface area contributed by atoms with Gasteiger partial charge in [0.1, 0.15) is 0 Å². The van der Waals surface area contributed by atoms with E-state index in [4.69, 9.17) is 5.73 Å². The minimum absolute atomic E-state index is 0.132. The number of aryl methyl sites for hydroxylation is 1. The Bertz CT molecular complexity index is 469. The molecule has 4 atom stereocenters. The first-order valence-corrected chi connectivity index (χ1v) is 8.24. The predicted octanol–water partition coefficient (Wildman–Crippen LogP) is 1.22. The molecule has 0 radical (unpaired) electrons. The van der Waals surface area contributed by atoms with Gasteiger partial charge in [0.25, 0.3) is 0 Å². The van der Waals surface area contributed by atoms with E-state index in [0.29, 0.717) is 6.04 Å². The number of hydrogen-bond acceptors (Lipinski definition) is 4. The lowest BCUT2D eigenvalue weighted by Gasteiger charge is -2.48. The van der Waals surface area contributed by atoms with Gasteiger partial charge in [-0.15, -0.1) is 0 Å². The SMILES string of the molecule is CC(N)C(c1cnn(C)c1)N1CCC2C(CCCN2C)C1. The van der Waals surface area contributed by atoms with E-state index in [9.17, 15) is 0 Å². The van der Waals surface area contributed by atoms with Crippen LogP contribution in [-0.2, 0) is 7.05 Å². The summed E-state index contributed by atoms with van der Waals surface area (Å²) in [6, 6.07) is 1.21. The second-order valence-corrected chi connectivity index (χ2v) is 6.99. The van der Waals surface area contributed by atoms with Gasteiger partial charge in [-0.2, -0.15) is 5.10 Å². The summed E-state index contributed by atoms with van der Waals surface area (Å²) in [5.74, 6) is 0.801. The summed E-state index contributed by atoms with van der Waals surface area (Å²) in [6.07, 6.45) is 8.07. The lowest BCUT2D eigenvalue weighted by atomic mass is 9.83. The molecule has 4 unspecified atom stereocenters. The third-order valence-corrected chi connectivity index (χ3v) is 5.33. The predicted molar refractivity (Wildman–Crippen MR) is 84.9 cm³/mol. The van der Waals surface area contributed by atoms with Crippen LogP contribution >= 0.6 is 0 Å². The molecule has 2 N–H and O–H groups in total. The lowest BCUT2D eigenvalue weighted by molar-refractivity contribution is 0.0154. The van der Waals surface area contributed by atoms with Crippen LogP contribution in [0.4, 0.5) is 0 Å². The van der Waals surface area contributed by atoms with Gasteiger partial charge in [-0.25, -0.2) is 0 Å². The average Bonchev–Trinajstić information content (AvgIpc) is 2.85. The number of aromatic nitrogens is 2. The van der Waals surface area contributed by atoms with Crippen LogP contribution in [-0.4, -0.2) is 58.3 Å². The van der Waals surface area contributed by atoms with Crippen LogP contribution in [0.15, 0.2) is 12.4 Å². The van der Waals surface area contributed by atoms with Gasteiger partial charge >= 0.3 is 0 Å². The molecule has 0 aliphatic carbocycles. The molecule has 2 aliphatic rings. The molecular weight excluding hydrogens is 262 g/mol. The molecule has 0 bridgehead atoms. The molecule has 118 valence electrons. The fourth-order valence-electron chi connectivity index (χ4n) is 4.37. The van der Waals surface area contributed by atoms with E-state index >= 15 is 0 Å². The van der Waals surface area contributed by atoms with Crippen LogP contribution < -0.4 is 5.73 Å². The fourth-order valence-corrected chi connectivity index (χ4v) is 4.37. The maximum absolute atomic E-state index is 6.31. The van der Waals surface area contributed by atoms with Crippen LogP contribution in [0, 0.1) is 5.92 Å². The van der Waals surface area contributed by atoms with Gasteiger partial charge in [-0.3, -0.25) is 9.58 Å². The van der Waals surface area contributed by atoms with Crippen molar-refractivity contribution in [3.8, 4) is 0 Å². The summed E-state index contributed by atoms with van der Waals surface area (Å²) < 4.78 is 1.88. The monoisotopic (exact) mass is 291 g/mol. The second-order valence-electron chi connectivity index (χ2n) is 6.99. The van der Waals surface area contributed by atoms with E-state index in [1.54, 1.807) is 0 Å². The number of nitrogens with zero attached hydrogens (tertiary/aromatic N) is 4. The van der Waals surface area contributed by atoms with Crippen molar-refractivity contribution in [1.29, 1.82) is 0 Å². The average molecular weight is 291 g/mol. The van der Waals surface area contributed by atoms with Crippen LogP contribution in [0.1, 0.15) is 37.8 Å². The largest absolute Gasteiger partial charge is 0.326 e. The van der Waals surface area contributed by atoms with Crippen molar-refractivity contribution in [3.05, 3.63) is 18.0 Å². The number of rotatable bonds is 3. The van der Waals surface area contributed by atoms with E-state index in [-0.39, 0.29) is 6.04 Å². The molecule has 0 saturated carbocycles. The van der Waals surface area contributed by atoms with E-state index in [0.717, 1.165) is 18.5 Å². The van der Waals surface area contributed by atoms with Crippen molar-refractivity contribution < 1.29 is 0 Å². The molecule has 3 heterocycles. The molecule has 21 heavy (non-hydrogen) atoms. The summed E-state index contributed by atoms with van der Waals surface area (Å²) in [6.45, 7) is 5.71. The third kappa shape index (κ3) is 3.00. The van der Waals surface area contributed by atoms with Gasteiger partial charge < -0.3 is 10.6 Å². The van der Waals surface area contributed by atoms with Crippen molar-refractivity contribution in [2.75, 3.05) is 26.7 Å². The van der Waals surface area contributed by atoms with Gasteiger partial charge in [0, 0.05) is 44.0 Å². The number of piperidine rings is 2. The second kappa shape index (κ2) is 6.07. The van der Waals surface area contributed by atoms with Gasteiger partial charge in [-0.1, -0.05) is 0 Å². The Morgan fingerprint density at radius 3 is 2.76 bits per heavy atom. The van der Waals surface area contributed by atoms with Gasteiger partial charge in [0.15, 0.2) is 0 Å². The summed E-state index contributed by atoms with van der Waals surface area (Å²) in [7, 11) is 4.26. The first-order valence-electron chi connectivity index (χ1n) is 8.24. The Kier molecular flexibility index (Phi) is 4.33. The highest BCUT2D eigenvalue weighted by Crippen LogP contribution is 2.34. The standard InChI is InChI=1S/C16H29N5/c1-12(17)16(14-9-18-20(3)10-14)21-8-6-15-13(11-21)5-4-7-19(15)2/h9-10,12-13,15-16H,4-8,11,17H2,1-3H3. The molecule has 2 fully saturated rings. The Labute approximate surface area is 128 Å². The number of likely N-dealkylation sites (tertiary alicyclic amines) is 2. The van der Waals surface area contributed by atoms with Crippen LogP contribution in [0.2, 0.25) is 0 Å². The molecule has 5 nitrogen and oxygen atoms in total. The Balaban J connectivity index is 1.75. The van der Waals surface area contributed by atoms with Crippen LogP contribution in [0.5, 0.6) is 0 Å². The Hall–Kier alpha value is -0.910. The molecule has 0 amide bonds. The van der Waals surface area contributed by atoms with Gasteiger partial charge in [-0.05, 0) is 45.7 Å². The van der Waals surface area contributed by atoms with Gasteiger partial charge in [0.2, 0.25) is 0 Å². The normalized spacial score (nSPS) is 30.9. The number of nitrogens with two attached hydrogens (primary N) is 1. The first kappa shape index (κ1) is 15.0. The van der Waals surface area contributed by atoms with Crippen LogP contribution in [0.3, 0.4) is 0 Å². The number of fused-ring (bicyclic) bond motifs is 1. The van der Waals surface area contributed by atoms with Crippen molar-refractivity contribution >= 4 is 0 Å². The molecule has 2 saturated heterocycles. The highest BCUT2D eigenvalue weighted by Gasteiger charge is 2.37. The summed E-state index contributed by atoms with van der Waals surface area (Å²) >= 11 is 0. The fraction of sp³-hybridized carbons (Fsp3) is 0.812. The smallest absolute Gasteiger partial charge is 0.0538 e. The van der Waals surface area contributed by atoms with E-state index < -0.39 is 0 Å². The Morgan fingerprint density at radius 2 is 2.10 bits per heavy atom. The zero-order valence-corrected chi connectivity index (χ0v) is 13.6. The van der Waals surface area contributed by atoms with Crippen molar-refractivity contribution in [3.63, 3.8) is 0 Å². The van der Waals surface area contributed by atoms with Crippen LogP contribution in [0.25, 0.3) is 0 Å². The first-order chi connectivity index (χ1) is 10.1. The maximum atomic E-state index is 6.31. The van der Waals surface area contributed by atoms with E-state index in [1.165, 1.54) is 37.9 Å². The van der Waals surface area contributed by atoms with E-state index in [1.807, 2.05) is 17.9 Å². The van der Waals surface area contributed by atoms with Gasteiger partial charge in [0.05, 0.1) is 12.2 Å². The summed E-state index contributed by atoms with van der Waals surface area (Å²) in [5.41, 5.74) is 7.57. The lowest BCUT2D eigenvalue weighted by Crippen LogP contribution is -2.54. The maximum Gasteiger partial charge on any atom is 0.0538 e. The number of hydrogen-bond donors (Lipinski definition) is 1. The molecule has 3 rings (SSSR count). The molecule has 2 aliphatic heterocycles. The van der Waals surface area contributed by atoms with Crippen molar-refractivity contribution in [2.24, 2.45) is 18.7 Å². The molecule has 0 aromatic carbocycles. The van der Waals surface area contributed by atoms with Crippen molar-refractivity contribution in [2.45, 2.75) is 44.3 Å². The zero-order valence-electron chi connectivity index (χ0n) is 13.6. The minimum atomic E-state index is 0.132. The molecule has 1 aromatic rings. The molecular formula is C16H29N5. The summed E-state index contributed by atoms with van der Waals surface area (Å²) in [4.78, 5) is 5.17.